The molecule has 1 fully saturated rings. The van der Waals surface area contributed by atoms with Gasteiger partial charge < -0.3 is 15.3 Å². The van der Waals surface area contributed by atoms with E-state index in [-0.39, 0.29) is 5.91 Å². The standard InChI is InChI=1S/C22H26N2O3/c1-22(2,23-21(26)27)19-12-10-17(11-13-19)16-6-8-18(9-7-16)20(25)24-14-4-3-5-15-24/h6-13,23H,3-5,14-15H2,1-2H3,(H,26,27). The predicted octanol–water partition coefficient (Wildman–Crippen LogP) is 4.48. The molecule has 0 aromatic heterocycles. The average Bonchev–Trinajstić information content (AvgIpc) is 2.67. The fourth-order valence-corrected chi connectivity index (χ4v) is 3.50. The minimum Gasteiger partial charge on any atom is -0.465 e. The number of piperidine rings is 1. The maximum atomic E-state index is 12.6. The van der Waals surface area contributed by atoms with Crippen LogP contribution >= 0.6 is 0 Å². The van der Waals surface area contributed by atoms with Crippen LogP contribution in [-0.2, 0) is 5.54 Å². The molecule has 2 N–H and O–H groups in total. The van der Waals surface area contributed by atoms with Crippen LogP contribution < -0.4 is 5.32 Å². The van der Waals surface area contributed by atoms with Crippen molar-refractivity contribution in [1.29, 1.82) is 0 Å². The first-order valence-electron chi connectivity index (χ1n) is 9.38. The number of hydrogen-bond acceptors (Lipinski definition) is 2. The Morgan fingerprint density at radius 1 is 0.889 bits per heavy atom. The topological polar surface area (TPSA) is 69.6 Å². The van der Waals surface area contributed by atoms with Gasteiger partial charge in [0, 0.05) is 18.7 Å². The highest BCUT2D eigenvalue weighted by Gasteiger charge is 2.22. The second kappa shape index (κ2) is 7.82. The van der Waals surface area contributed by atoms with Crippen LogP contribution in [0.2, 0.25) is 0 Å². The lowest BCUT2D eigenvalue weighted by atomic mass is 9.92. The summed E-state index contributed by atoms with van der Waals surface area (Å²) in [5.74, 6) is 0.109. The monoisotopic (exact) mass is 366 g/mol. The van der Waals surface area contributed by atoms with Gasteiger partial charge in [-0.2, -0.15) is 0 Å². The Balaban J connectivity index is 1.73. The van der Waals surface area contributed by atoms with Gasteiger partial charge in [-0.05, 0) is 61.9 Å². The highest BCUT2D eigenvalue weighted by Crippen LogP contribution is 2.25. The van der Waals surface area contributed by atoms with E-state index in [0.29, 0.717) is 0 Å². The van der Waals surface area contributed by atoms with Crippen LogP contribution in [0.4, 0.5) is 4.79 Å². The van der Waals surface area contributed by atoms with Crippen molar-refractivity contribution >= 4 is 12.0 Å². The molecule has 0 radical (unpaired) electrons. The number of carboxylic acid groups (broad SMARTS) is 1. The summed E-state index contributed by atoms with van der Waals surface area (Å²) >= 11 is 0. The van der Waals surface area contributed by atoms with E-state index in [1.54, 1.807) is 0 Å². The molecule has 1 heterocycles. The molecule has 0 saturated carbocycles. The Kier molecular flexibility index (Phi) is 5.49. The molecule has 2 aromatic carbocycles. The largest absolute Gasteiger partial charge is 0.465 e. The third-order valence-electron chi connectivity index (χ3n) is 5.13. The van der Waals surface area contributed by atoms with Crippen LogP contribution in [-0.4, -0.2) is 35.1 Å². The number of hydrogen-bond donors (Lipinski definition) is 2. The zero-order chi connectivity index (χ0) is 19.4. The van der Waals surface area contributed by atoms with Gasteiger partial charge in [0.05, 0.1) is 5.54 Å². The van der Waals surface area contributed by atoms with Crippen LogP contribution in [0.1, 0.15) is 49.0 Å². The lowest BCUT2D eigenvalue weighted by Gasteiger charge is -2.26. The molecule has 0 bridgehead atoms. The summed E-state index contributed by atoms with van der Waals surface area (Å²) in [7, 11) is 0. The maximum Gasteiger partial charge on any atom is 0.405 e. The van der Waals surface area contributed by atoms with Crippen molar-refractivity contribution in [1.82, 2.24) is 10.2 Å². The minimum atomic E-state index is -1.04. The zero-order valence-electron chi connectivity index (χ0n) is 15.9. The molecular weight excluding hydrogens is 340 g/mol. The van der Waals surface area contributed by atoms with Gasteiger partial charge >= 0.3 is 6.09 Å². The van der Waals surface area contributed by atoms with Gasteiger partial charge in [-0.1, -0.05) is 36.4 Å². The Bertz CT molecular complexity index is 804. The van der Waals surface area contributed by atoms with Crippen molar-refractivity contribution in [3.63, 3.8) is 0 Å². The number of carbonyl (C=O) groups excluding carboxylic acids is 1. The quantitative estimate of drug-likeness (QED) is 0.838. The molecule has 1 aliphatic rings. The Hall–Kier alpha value is -2.82. The molecule has 142 valence electrons. The predicted molar refractivity (Wildman–Crippen MR) is 106 cm³/mol. The van der Waals surface area contributed by atoms with Gasteiger partial charge in [0.1, 0.15) is 0 Å². The lowest BCUT2D eigenvalue weighted by Crippen LogP contribution is -2.39. The summed E-state index contributed by atoms with van der Waals surface area (Å²) < 4.78 is 0. The zero-order valence-corrected chi connectivity index (χ0v) is 15.9. The van der Waals surface area contributed by atoms with Crippen molar-refractivity contribution in [2.75, 3.05) is 13.1 Å². The molecule has 0 spiro atoms. The first-order chi connectivity index (χ1) is 12.9. The van der Waals surface area contributed by atoms with Crippen molar-refractivity contribution in [2.45, 2.75) is 38.6 Å². The number of benzene rings is 2. The Labute approximate surface area is 160 Å². The molecule has 1 saturated heterocycles. The molecule has 2 aromatic rings. The number of rotatable bonds is 4. The summed E-state index contributed by atoms with van der Waals surface area (Å²) in [6.07, 6.45) is 2.34. The van der Waals surface area contributed by atoms with E-state index in [1.807, 2.05) is 67.3 Å². The molecule has 0 atom stereocenters. The average molecular weight is 366 g/mol. The molecule has 0 unspecified atom stereocenters. The van der Waals surface area contributed by atoms with E-state index in [2.05, 4.69) is 5.32 Å². The van der Waals surface area contributed by atoms with Gasteiger partial charge in [0.15, 0.2) is 0 Å². The van der Waals surface area contributed by atoms with Crippen LogP contribution in [0.25, 0.3) is 11.1 Å². The summed E-state index contributed by atoms with van der Waals surface area (Å²) in [6, 6.07) is 15.5. The Morgan fingerprint density at radius 3 is 1.93 bits per heavy atom. The van der Waals surface area contributed by atoms with Crippen LogP contribution in [0.15, 0.2) is 48.5 Å². The van der Waals surface area contributed by atoms with E-state index >= 15 is 0 Å². The van der Waals surface area contributed by atoms with Gasteiger partial charge in [-0.3, -0.25) is 4.79 Å². The normalized spacial score (nSPS) is 14.7. The molecule has 5 heteroatoms. The summed E-state index contributed by atoms with van der Waals surface area (Å²) in [4.78, 5) is 25.4. The minimum absolute atomic E-state index is 0.109. The lowest BCUT2D eigenvalue weighted by molar-refractivity contribution is 0.0724. The van der Waals surface area contributed by atoms with Gasteiger partial charge in [0.2, 0.25) is 0 Å². The van der Waals surface area contributed by atoms with Crippen molar-refractivity contribution < 1.29 is 14.7 Å². The molecule has 5 nitrogen and oxygen atoms in total. The van der Waals surface area contributed by atoms with Crippen LogP contribution in [0, 0.1) is 0 Å². The smallest absolute Gasteiger partial charge is 0.405 e. The van der Waals surface area contributed by atoms with Crippen molar-refractivity contribution in [3.8, 4) is 11.1 Å². The van der Waals surface area contributed by atoms with Crippen molar-refractivity contribution in [2.24, 2.45) is 0 Å². The SMILES string of the molecule is CC(C)(NC(=O)O)c1ccc(-c2ccc(C(=O)N3CCCCC3)cc2)cc1. The van der Waals surface area contributed by atoms with Gasteiger partial charge in [-0.15, -0.1) is 0 Å². The number of carbonyl (C=O) groups is 2. The molecule has 1 aliphatic heterocycles. The fraction of sp³-hybridized carbons (Fsp3) is 0.364. The summed E-state index contributed by atoms with van der Waals surface area (Å²) in [6.45, 7) is 5.36. The number of likely N-dealkylation sites (tertiary alicyclic amines) is 1. The van der Waals surface area contributed by atoms with E-state index in [1.165, 1.54) is 6.42 Å². The highest BCUT2D eigenvalue weighted by molar-refractivity contribution is 5.94. The summed E-state index contributed by atoms with van der Waals surface area (Å²) in [5.41, 5.74) is 3.02. The number of amides is 2. The van der Waals surface area contributed by atoms with Gasteiger partial charge in [-0.25, -0.2) is 4.79 Å². The van der Waals surface area contributed by atoms with Gasteiger partial charge in [0.25, 0.3) is 5.91 Å². The molecule has 27 heavy (non-hydrogen) atoms. The molecule has 2 amide bonds. The second-order valence-electron chi connectivity index (χ2n) is 7.56. The summed E-state index contributed by atoms with van der Waals surface area (Å²) in [5, 5.41) is 11.5. The van der Waals surface area contributed by atoms with E-state index < -0.39 is 11.6 Å². The first kappa shape index (κ1) is 19.0. The number of nitrogens with one attached hydrogen (secondary N) is 1. The van der Waals surface area contributed by atoms with Crippen LogP contribution in [0.3, 0.4) is 0 Å². The van der Waals surface area contributed by atoms with Crippen molar-refractivity contribution in [3.05, 3.63) is 59.7 Å². The van der Waals surface area contributed by atoms with E-state index in [9.17, 15) is 9.59 Å². The molecular formula is C22H26N2O3. The van der Waals surface area contributed by atoms with E-state index in [0.717, 1.165) is 48.2 Å². The third kappa shape index (κ3) is 4.48. The Morgan fingerprint density at radius 2 is 1.41 bits per heavy atom. The molecule has 0 aliphatic carbocycles. The van der Waals surface area contributed by atoms with Crippen LogP contribution in [0.5, 0.6) is 0 Å². The third-order valence-corrected chi connectivity index (χ3v) is 5.13. The van der Waals surface area contributed by atoms with E-state index in [4.69, 9.17) is 5.11 Å². The second-order valence-corrected chi connectivity index (χ2v) is 7.56. The highest BCUT2D eigenvalue weighted by atomic mass is 16.4. The number of nitrogens with zero attached hydrogens (tertiary/aromatic N) is 1. The fourth-order valence-electron chi connectivity index (χ4n) is 3.50. The first-order valence-corrected chi connectivity index (χ1v) is 9.38. The maximum absolute atomic E-state index is 12.6. The molecule has 3 rings (SSSR count).